The van der Waals surface area contributed by atoms with E-state index in [9.17, 15) is 9.59 Å². The van der Waals surface area contributed by atoms with E-state index >= 15 is 0 Å². The van der Waals surface area contributed by atoms with Crippen molar-refractivity contribution in [1.29, 1.82) is 0 Å². The number of carbonyl (C=O) groups excluding carboxylic acids is 2. The number of hydrogen-bond acceptors (Lipinski definition) is 5. The van der Waals surface area contributed by atoms with Gasteiger partial charge in [-0.15, -0.1) is 0 Å². The number of aromatic amines is 1. The summed E-state index contributed by atoms with van der Waals surface area (Å²) in [4.78, 5) is 34.4. The van der Waals surface area contributed by atoms with Crippen molar-refractivity contribution in [1.82, 2.24) is 14.9 Å². The van der Waals surface area contributed by atoms with E-state index in [0.717, 1.165) is 59.5 Å². The van der Waals surface area contributed by atoms with Gasteiger partial charge in [-0.25, -0.2) is 0 Å². The molecular formula is C25H30N4O3. The highest BCUT2D eigenvalue weighted by atomic mass is 16.5. The van der Waals surface area contributed by atoms with Crippen LogP contribution in [0.4, 0.5) is 5.69 Å². The number of likely N-dealkylation sites (tertiary alicyclic amines) is 1. The molecule has 2 aromatic heterocycles. The van der Waals surface area contributed by atoms with Gasteiger partial charge in [-0.3, -0.25) is 19.5 Å². The summed E-state index contributed by atoms with van der Waals surface area (Å²) < 4.78 is 5.25. The second-order valence-corrected chi connectivity index (χ2v) is 8.32. The van der Waals surface area contributed by atoms with Crippen molar-refractivity contribution >= 4 is 28.5 Å². The lowest BCUT2D eigenvalue weighted by molar-refractivity contribution is -0.149. The number of ether oxygens (including phenoxy) is 1. The van der Waals surface area contributed by atoms with E-state index in [1.165, 1.54) is 6.92 Å². The van der Waals surface area contributed by atoms with Crippen LogP contribution in [-0.2, 0) is 14.3 Å². The maximum Gasteiger partial charge on any atom is 0.309 e. The summed E-state index contributed by atoms with van der Waals surface area (Å²) in [6, 6.07) is 11.9. The molecule has 0 unspecified atom stereocenters. The zero-order chi connectivity index (χ0) is 22.7. The summed E-state index contributed by atoms with van der Waals surface area (Å²) in [5, 5.41) is 3.96. The van der Waals surface area contributed by atoms with Crippen LogP contribution in [-0.4, -0.2) is 46.4 Å². The van der Waals surface area contributed by atoms with Crippen molar-refractivity contribution < 1.29 is 14.3 Å². The Kier molecular flexibility index (Phi) is 6.55. The number of pyridine rings is 1. The fraction of sp³-hybridized carbons (Fsp3) is 0.400. The molecule has 1 aromatic carbocycles. The molecule has 2 N–H and O–H groups in total. The zero-order valence-corrected chi connectivity index (χ0v) is 18.9. The van der Waals surface area contributed by atoms with Crippen LogP contribution >= 0.6 is 0 Å². The number of rotatable bonds is 6. The van der Waals surface area contributed by atoms with E-state index in [2.05, 4.69) is 28.2 Å². The second kappa shape index (κ2) is 9.53. The van der Waals surface area contributed by atoms with Gasteiger partial charge in [0.15, 0.2) is 0 Å². The molecule has 1 aliphatic heterocycles. The lowest BCUT2D eigenvalue weighted by atomic mass is 9.92. The van der Waals surface area contributed by atoms with Crippen LogP contribution < -0.4 is 5.32 Å². The maximum atomic E-state index is 12.2. The summed E-state index contributed by atoms with van der Waals surface area (Å²) in [6.45, 7) is 7.41. The van der Waals surface area contributed by atoms with Gasteiger partial charge in [-0.1, -0.05) is 6.07 Å². The first kappa shape index (κ1) is 22.0. The van der Waals surface area contributed by atoms with E-state index in [0.29, 0.717) is 6.61 Å². The predicted molar refractivity (Wildman–Crippen MR) is 124 cm³/mol. The SMILES string of the molecule is CCOC(=O)C1CCN([C@H](c2ccccn2)c2c(C)[nH]c3ccc(NC(C)=O)cc23)CC1. The number of fused-ring (bicyclic) bond motifs is 1. The number of hydrogen-bond donors (Lipinski definition) is 2. The van der Waals surface area contributed by atoms with Crippen molar-refractivity contribution in [3.63, 3.8) is 0 Å². The summed E-state index contributed by atoms with van der Waals surface area (Å²) in [5.74, 6) is -0.240. The molecule has 4 rings (SSSR count). The number of nitrogens with zero attached hydrogens (tertiary/aromatic N) is 2. The highest BCUT2D eigenvalue weighted by Gasteiger charge is 2.33. The monoisotopic (exact) mass is 434 g/mol. The fourth-order valence-electron chi connectivity index (χ4n) is 4.69. The van der Waals surface area contributed by atoms with Crippen LogP contribution in [0.3, 0.4) is 0 Å². The Bertz CT molecular complexity index is 1100. The normalized spacial score (nSPS) is 16.1. The van der Waals surface area contributed by atoms with E-state index in [1.807, 2.05) is 43.5 Å². The molecule has 3 heterocycles. The van der Waals surface area contributed by atoms with E-state index in [1.54, 1.807) is 0 Å². The van der Waals surface area contributed by atoms with Gasteiger partial charge in [-0.05, 0) is 70.1 Å². The molecule has 1 saturated heterocycles. The maximum absolute atomic E-state index is 12.2. The van der Waals surface area contributed by atoms with Crippen LogP contribution in [0.5, 0.6) is 0 Å². The van der Waals surface area contributed by atoms with Crippen molar-refractivity contribution in [3.05, 3.63) is 59.5 Å². The summed E-state index contributed by atoms with van der Waals surface area (Å²) in [7, 11) is 0. The standard InChI is InChI=1S/C25H30N4O3/c1-4-32-25(31)18-10-13-29(14-11-18)24(22-7-5-6-12-26-22)23-16(2)27-21-9-8-19(15-20(21)23)28-17(3)30/h5-9,12,15,18,24,27H,4,10-11,13-14H2,1-3H3,(H,28,30)/t24-/m1/s1. The Morgan fingerprint density at radius 3 is 2.69 bits per heavy atom. The Labute approximate surface area is 188 Å². The molecule has 0 spiro atoms. The molecule has 1 amide bonds. The molecule has 7 heteroatoms. The average Bonchev–Trinajstić information content (AvgIpc) is 3.10. The number of anilines is 1. The molecule has 32 heavy (non-hydrogen) atoms. The van der Waals surface area contributed by atoms with E-state index in [-0.39, 0.29) is 23.8 Å². The van der Waals surface area contributed by atoms with Crippen molar-refractivity contribution in [3.8, 4) is 0 Å². The number of aryl methyl sites for hydroxylation is 1. The van der Waals surface area contributed by atoms with Gasteiger partial charge in [-0.2, -0.15) is 0 Å². The Balaban J connectivity index is 1.72. The van der Waals surface area contributed by atoms with Crippen molar-refractivity contribution in [2.24, 2.45) is 5.92 Å². The predicted octanol–water partition coefficient (Wildman–Crippen LogP) is 4.19. The largest absolute Gasteiger partial charge is 0.466 e. The number of aromatic nitrogens is 2. The van der Waals surface area contributed by atoms with Gasteiger partial charge in [0.2, 0.25) is 5.91 Å². The summed E-state index contributed by atoms with van der Waals surface area (Å²) >= 11 is 0. The molecule has 168 valence electrons. The fourth-order valence-corrected chi connectivity index (χ4v) is 4.69. The smallest absolute Gasteiger partial charge is 0.309 e. The van der Waals surface area contributed by atoms with Crippen LogP contribution in [0, 0.1) is 12.8 Å². The number of esters is 1. The summed E-state index contributed by atoms with van der Waals surface area (Å²) in [6.07, 6.45) is 3.35. The lowest BCUT2D eigenvalue weighted by Crippen LogP contribution is -2.40. The number of amides is 1. The molecule has 0 aliphatic carbocycles. The van der Waals surface area contributed by atoms with Crippen LogP contribution in [0.2, 0.25) is 0 Å². The zero-order valence-electron chi connectivity index (χ0n) is 18.9. The van der Waals surface area contributed by atoms with Gasteiger partial charge in [0, 0.05) is 41.0 Å². The topological polar surface area (TPSA) is 87.3 Å². The van der Waals surface area contributed by atoms with Crippen LogP contribution in [0.25, 0.3) is 10.9 Å². The molecule has 7 nitrogen and oxygen atoms in total. The number of piperidine rings is 1. The van der Waals surface area contributed by atoms with Gasteiger partial charge in [0.1, 0.15) is 0 Å². The van der Waals surface area contributed by atoms with Gasteiger partial charge in [0.05, 0.1) is 24.3 Å². The molecule has 1 atom stereocenters. The third-order valence-electron chi connectivity index (χ3n) is 6.11. The van der Waals surface area contributed by atoms with Crippen molar-refractivity contribution in [2.75, 3.05) is 25.0 Å². The van der Waals surface area contributed by atoms with Crippen molar-refractivity contribution in [2.45, 2.75) is 39.7 Å². The Morgan fingerprint density at radius 2 is 2.03 bits per heavy atom. The Hall–Kier alpha value is -3.19. The van der Waals surface area contributed by atoms with E-state index < -0.39 is 0 Å². The number of benzene rings is 1. The molecule has 0 radical (unpaired) electrons. The highest BCUT2D eigenvalue weighted by Crippen LogP contribution is 2.38. The third kappa shape index (κ3) is 4.53. The molecular weight excluding hydrogens is 404 g/mol. The molecule has 3 aromatic rings. The number of nitrogens with one attached hydrogen (secondary N) is 2. The minimum Gasteiger partial charge on any atom is -0.466 e. The molecule has 0 bridgehead atoms. The van der Waals surface area contributed by atoms with E-state index in [4.69, 9.17) is 9.72 Å². The Morgan fingerprint density at radius 1 is 1.25 bits per heavy atom. The van der Waals surface area contributed by atoms with Crippen LogP contribution in [0.15, 0.2) is 42.6 Å². The molecule has 0 saturated carbocycles. The second-order valence-electron chi connectivity index (χ2n) is 8.32. The first-order valence-electron chi connectivity index (χ1n) is 11.2. The van der Waals surface area contributed by atoms with Crippen LogP contribution in [0.1, 0.15) is 49.7 Å². The summed E-state index contributed by atoms with van der Waals surface area (Å²) in [5.41, 5.74) is 4.99. The minimum absolute atomic E-state index is 0.0500. The van der Waals surface area contributed by atoms with Gasteiger partial charge >= 0.3 is 5.97 Å². The highest BCUT2D eigenvalue weighted by molar-refractivity contribution is 5.94. The number of H-pyrrole nitrogens is 1. The number of carbonyl (C=O) groups is 2. The molecule has 1 aliphatic rings. The third-order valence-corrected chi connectivity index (χ3v) is 6.11. The minimum atomic E-state index is -0.0968. The molecule has 1 fully saturated rings. The quantitative estimate of drug-likeness (QED) is 0.568. The first-order valence-corrected chi connectivity index (χ1v) is 11.2. The van der Waals surface area contributed by atoms with Gasteiger partial charge in [0.25, 0.3) is 0 Å². The lowest BCUT2D eigenvalue weighted by Gasteiger charge is -2.37. The first-order chi connectivity index (χ1) is 15.5. The average molecular weight is 435 g/mol. The van der Waals surface area contributed by atoms with Gasteiger partial charge < -0.3 is 15.0 Å².